The van der Waals surface area contributed by atoms with E-state index in [1.165, 1.54) is 32.4 Å². The summed E-state index contributed by atoms with van der Waals surface area (Å²) in [4.78, 5) is 14.6. The number of fused-ring (bicyclic) bond motifs is 1. The predicted octanol–water partition coefficient (Wildman–Crippen LogP) is 4.79. The maximum atomic E-state index is 12.3. The molecule has 1 aromatic carbocycles. The van der Waals surface area contributed by atoms with Crippen LogP contribution < -0.4 is 5.32 Å². The molecule has 1 heterocycles. The molecule has 1 aromatic heterocycles. The molecule has 2 nitrogen and oxygen atoms in total. The Morgan fingerprint density at radius 1 is 1.25 bits per heavy atom. The summed E-state index contributed by atoms with van der Waals surface area (Å²) in [5, 5.41) is 3.00. The molecule has 0 radical (unpaired) electrons. The van der Waals surface area contributed by atoms with Gasteiger partial charge in [-0.3, -0.25) is 4.79 Å². The number of carbonyl (C=O) groups excluding carboxylic acids is 1. The highest BCUT2D eigenvalue weighted by Gasteiger charge is 2.17. The van der Waals surface area contributed by atoms with E-state index >= 15 is 0 Å². The van der Waals surface area contributed by atoms with Gasteiger partial charge in [0.15, 0.2) is 0 Å². The number of nitrogens with one attached hydrogen (secondary N) is 1. The first-order valence-corrected chi connectivity index (χ1v) is 8.72. The maximum Gasteiger partial charge on any atom is 0.265 e. The molecule has 0 fully saturated rings. The SMILES string of the molecule is Cc1ccc(NC(=O)c2cc3c(s2)CCCC3)cc1I. The van der Waals surface area contributed by atoms with E-state index in [1.807, 2.05) is 18.2 Å². The Hall–Kier alpha value is -0.880. The number of amides is 1. The lowest BCUT2D eigenvalue weighted by atomic mass is 9.99. The van der Waals surface area contributed by atoms with Crippen LogP contribution in [-0.4, -0.2) is 5.91 Å². The second kappa shape index (κ2) is 5.85. The van der Waals surface area contributed by atoms with E-state index < -0.39 is 0 Å². The van der Waals surface area contributed by atoms with Gasteiger partial charge >= 0.3 is 0 Å². The Morgan fingerprint density at radius 2 is 2.05 bits per heavy atom. The van der Waals surface area contributed by atoms with E-state index in [2.05, 4.69) is 40.9 Å². The van der Waals surface area contributed by atoms with Crippen LogP contribution in [0.5, 0.6) is 0 Å². The predicted molar refractivity (Wildman–Crippen MR) is 92.8 cm³/mol. The monoisotopic (exact) mass is 397 g/mol. The van der Waals surface area contributed by atoms with Crippen molar-refractivity contribution in [3.05, 3.63) is 48.7 Å². The van der Waals surface area contributed by atoms with Gasteiger partial charge in [0.05, 0.1) is 4.88 Å². The van der Waals surface area contributed by atoms with Crippen molar-refractivity contribution >= 4 is 45.5 Å². The Labute approximate surface area is 136 Å². The molecule has 20 heavy (non-hydrogen) atoms. The van der Waals surface area contributed by atoms with Crippen molar-refractivity contribution in [1.29, 1.82) is 0 Å². The molecule has 0 atom stereocenters. The molecule has 0 bridgehead atoms. The van der Waals surface area contributed by atoms with E-state index in [0.717, 1.165) is 23.4 Å². The van der Waals surface area contributed by atoms with Crippen LogP contribution in [0.4, 0.5) is 5.69 Å². The number of halogens is 1. The van der Waals surface area contributed by atoms with Gasteiger partial charge in [-0.1, -0.05) is 6.07 Å². The minimum atomic E-state index is 0.0176. The first kappa shape index (κ1) is 14.1. The molecular weight excluding hydrogens is 381 g/mol. The molecule has 1 N–H and O–H groups in total. The molecule has 1 aliphatic rings. The average Bonchev–Trinajstić information content (AvgIpc) is 2.87. The highest BCUT2D eigenvalue weighted by Crippen LogP contribution is 2.30. The Bertz CT molecular complexity index is 639. The first-order valence-electron chi connectivity index (χ1n) is 6.82. The number of aryl methyl sites for hydroxylation is 3. The molecule has 4 heteroatoms. The highest BCUT2D eigenvalue weighted by atomic mass is 127. The van der Waals surface area contributed by atoms with Gasteiger partial charge in [0.2, 0.25) is 0 Å². The third-order valence-electron chi connectivity index (χ3n) is 3.65. The fourth-order valence-electron chi connectivity index (χ4n) is 2.47. The van der Waals surface area contributed by atoms with Crippen LogP contribution in [0.1, 0.15) is 38.5 Å². The van der Waals surface area contributed by atoms with E-state index in [4.69, 9.17) is 0 Å². The third kappa shape index (κ3) is 2.91. The van der Waals surface area contributed by atoms with Gasteiger partial charge in [0, 0.05) is 14.1 Å². The number of carbonyl (C=O) groups is 1. The van der Waals surface area contributed by atoms with E-state index in [1.54, 1.807) is 11.3 Å². The number of thiophene rings is 1. The quantitative estimate of drug-likeness (QED) is 0.726. The molecule has 3 rings (SSSR count). The van der Waals surface area contributed by atoms with Crippen LogP contribution in [0.2, 0.25) is 0 Å². The Morgan fingerprint density at radius 3 is 2.80 bits per heavy atom. The second-order valence-electron chi connectivity index (χ2n) is 5.18. The maximum absolute atomic E-state index is 12.3. The zero-order chi connectivity index (χ0) is 14.1. The zero-order valence-electron chi connectivity index (χ0n) is 11.3. The smallest absolute Gasteiger partial charge is 0.265 e. The van der Waals surface area contributed by atoms with Gasteiger partial charge in [0.1, 0.15) is 0 Å². The van der Waals surface area contributed by atoms with Crippen molar-refractivity contribution in [2.24, 2.45) is 0 Å². The fraction of sp³-hybridized carbons (Fsp3) is 0.312. The third-order valence-corrected chi connectivity index (χ3v) is 6.05. The van der Waals surface area contributed by atoms with Crippen LogP contribution in [0.15, 0.2) is 24.3 Å². The minimum absolute atomic E-state index is 0.0176. The number of anilines is 1. The number of rotatable bonds is 2. The van der Waals surface area contributed by atoms with Crippen molar-refractivity contribution < 1.29 is 4.79 Å². The van der Waals surface area contributed by atoms with E-state index in [0.29, 0.717) is 0 Å². The second-order valence-corrected chi connectivity index (χ2v) is 7.48. The molecule has 0 saturated heterocycles. The standard InChI is InChI=1S/C16H16INOS/c1-10-6-7-12(9-13(10)17)18-16(19)15-8-11-4-2-3-5-14(11)20-15/h6-9H,2-5H2,1H3,(H,18,19). The van der Waals surface area contributed by atoms with Gasteiger partial charge < -0.3 is 5.32 Å². The summed E-state index contributed by atoms with van der Waals surface area (Å²) in [5.41, 5.74) is 3.48. The van der Waals surface area contributed by atoms with Crippen molar-refractivity contribution in [3.63, 3.8) is 0 Å². The van der Waals surface area contributed by atoms with Crippen LogP contribution in [0, 0.1) is 10.5 Å². The first-order chi connectivity index (χ1) is 9.63. The molecule has 104 valence electrons. The average molecular weight is 397 g/mol. The van der Waals surface area contributed by atoms with Gasteiger partial charge in [-0.15, -0.1) is 11.3 Å². The van der Waals surface area contributed by atoms with E-state index in [9.17, 15) is 4.79 Å². The summed E-state index contributed by atoms with van der Waals surface area (Å²) in [5.74, 6) is 0.0176. The van der Waals surface area contributed by atoms with Gasteiger partial charge in [-0.05, 0) is 84.5 Å². The molecular formula is C16H16INOS. The van der Waals surface area contributed by atoms with Crippen molar-refractivity contribution in [2.75, 3.05) is 5.32 Å². The molecule has 1 amide bonds. The lowest BCUT2D eigenvalue weighted by Gasteiger charge is -2.08. The molecule has 0 saturated carbocycles. The minimum Gasteiger partial charge on any atom is -0.321 e. The Kier molecular flexibility index (Phi) is 4.12. The number of hydrogen-bond donors (Lipinski definition) is 1. The summed E-state index contributed by atoms with van der Waals surface area (Å²) >= 11 is 3.95. The summed E-state index contributed by atoms with van der Waals surface area (Å²) in [6.07, 6.45) is 4.77. The summed E-state index contributed by atoms with van der Waals surface area (Å²) in [7, 11) is 0. The molecule has 0 aliphatic heterocycles. The van der Waals surface area contributed by atoms with Crippen LogP contribution in [-0.2, 0) is 12.8 Å². The van der Waals surface area contributed by atoms with Crippen LogP contribution in [0.25, 0.3) is 0 Å². The number of benzene rings is 1. The summed E-state index contributed by atoms with van der Waals surface area (Å²) in [6.45, 7) is 2.07. The van der Waals surface area contributed by atoms with Gasteiger partial charge in [-0.25, -0.2) is 0 Å². The summed E-state index contributed by atoms with van der Waals surface area (Å²) < 4.78 is 1.17. The van der Waals surface area contributed by atoms with Crippen molar-refractivity contribution in [3.8, 4) is 0 Å². The topological polar surface area (TPSA) is 29.1 Å². The normalized spacial score (nSPS) is 13.9. The molecule has 0 spiro atoms. The Balaban J connectivity index is 1.78. The van der Waals surface area contributed by atoms with Crippen LogP contribution >= 0.6 is 33.9 Å². The lowest BCUT2D eigenvalue weighted by Crippen LogP contribution is -2.10. The molecule has 0 unspecified atom stereocenters. The molecule has 2 aromatic rings. The zero-order valence-corrected chi connectivity index (χ0v) is 14.3. The van der Waals surface area contributed by atoms with Crippen molar-refractivity contribution in [2.45, 2.75) is 32.6 Å². The summed E-state index contributed by atoms with van der Waals surface area (Å²) in [6, 6.07) is 8.09. The van der Waals surface area contributed by atoms with Gasteiger partial charge in [-0.2, -0.15) is 0 Å². The fourth-order valence-corrected chi connectivity index (χ4v) is 4.13. The van der Waals surface area contributed by atoms with Gasteiger partial charge in [0.25, 0.3) is 5.91 Å². The highest BCUT2D eigenvalue weighted by molar-refractivity contribution is 14.1. The number of hydrogen-bond acceptors (Lipinski definition) is 2. The van der Waals surface area contributed by atoms with Crippen LogP contribution in [0.3, 0.4) is 0 Å². The molecule has 1 aliphatic carbocycles. The van der Waals surface area contributed by atoms with E-state index in [-0.39, 0.29) is 5.91 Å². The lowest BCUT2D eigenvalue weighted by molar-refractivity contribution is 0.103. The largest absolute Gasteiger partial charge is 0.321 e. The van der Waals surface area contributed by atoms with Crippen molar-refractivity contribution in [1.82, 2.24) is 0 Å².